The molecule has 0 spiro atoms. The molecule has 4 aromatic rings. The zero-order valence-electron chi connectivity index (χ0n) is 20.8. The summed E-state index contributed by atoms with van der Waals surface area (Å²) in [7, 11) is -0.785. The van der Waals surface area contributed by atoms with Gasteiger partial charge >= 0.3 is 5.97 Å². The van der Waals surface area contributed by atoms with E-state index >= 15 is 0 Å². The van der Waals surface area contributed by atoms with Crippen molar-refractivity contribution in [3.05, 3.63) is 77.1 Å². The van der Waals surface area contributed by atoms with E-state index in [9.17, 15) is 18.0 Å². The first kappa shape index (κ1) is 26.9. The van der Waals surface area contributed by atoms with Crippen molar-refractivity contribution in [1.82, 2.24) is 4.57 Å². The van der Waals surface area contributed by atoms with Gasteiger partial charge in [0, 0.05) is 11.3 Å². The Bertz CT molecular complexity index is 1640. The summed E-state index contributed by atoms with van der Waals surface area (Å²) >= 11 is 1.23. The molecule has 0 atom stereocenters. The molecule has 10 nitrogen and oxygen atoms in total. The van der Waals surface area contributed by atoms with Crippen LogP contribution in [0.25, 0.3) is 10.2 Å². The van der Waals surface area contributed by atoms with Gasteiger partial charge in [-0.05, 0) is 73.7 Å². The van der Waals surface area contributed by atoms with Gasteiger partial charge in [0.25, 0.3) is 15.9 Å². The second-order valence-electron chi connectivity index (χ2n) is 7.88. The molecule has 1 aromatic heterocycles. The Labute approximate surface area is 223 Å². The highest BCUT2D eigenvalue weighted by molar-refractivity contribution is 7.92. The molecule has 0 aliphatic carbocycles. The molecule has 0 radical (unpaired) electrons. The van der Waals surface area contributed by atoms with Gasteiger partial charge in [-0.15, -0.1) is 0 Å². The number of nitrogens with zero attached hydrogens (tertiary/aromatic N) is 2. The second kappa shape index (κ2) is 11.5. The van der Waals surface area contributed by atoms with E-state index < -0.39 is 21.9 Å². The highest BCUT2D eigenvalue weighted by atomic mass is 32.2. The SMILES string of the molecule is CCOC(=O)Cn1c(=NC(=O)c2ccc(NS(=O)(=O)c3ccc(OC)cc3)cc2)sc2cc(OC)ccc21. The monoisotopic (exact) mass is 555 g/mol. The number of benzene rings is 3. The third-order valence-corrected chi connectivity index (χ3v) is 7.87. The normalized spacial score (nSPS) is 11.8. The molecule has 0 fully saturated rings. The van der Waals surface area contributed by atoms with Crippen molar-refractivity contribution in [3.8, 4) is 11.5 Å². The summed E-state index contributed by atoms with van der Waals surface area (Å²) in [5.41, 5.74) is 1.23. The molecule has 4 rings (SSSR count). The first-order valence-corrected chi connectivity index (χ1v) is 13.7. The van der Waals surface area contributed by atoms with Gasteiger partial charge in [0.2, 0.25) is 0 Å². The van der Waals surface area contributed by atoms with Gasteiger partial charge in [0.05, 0.1) is 35.9 Å². The lowest BCUT2D eigenvalue weighted by atomic mass is 10.2. The molecule has 1 heterocycles. The first-order chi connectivity index (χ1) is 18.2. The van der Waals surface area contributed by atoms with E-state index in [4.69, 9.17) is 14.2 Å². The smallest absolute Gasteiger partial charge is 0.326 e. The molecule has 0 saturated carbocycles. The number of hydrogen-bond acceptors (Lipinski definition) is 8. The van der Waals surface area contributed by atoms with Crippen LogP contribution in [0.4, 0.5) is 5.69 Å². The summed E-state index contributed by atoms with van der Waals surface area (Å²) in [6.45, 7) is 1.84. The third-order valence-electron chi connectivity index (χ3n) is 5.43. The fourth-order valence-electron chi connectivity index (χ4n) is 3.56. The van der Waals surface area contributed by atoms with Gasteiger partial charge in [0.1, 0.15) is 18.0 Å². The molecule has 0 bridgehead atoms. The van der Waals surface area contributed by atoms with Crippen LogP contribution in [0.3, 0.4) is 0 Å². The first-order valence-electron chi connectivity index (χ1n) is 11.4. The van der Waals surface area contributed by atoms with Crippen molar-refractivity contribution < 1.29 is 32.2 Å². The number of aromatic nitrogens is 1. The van der Waals surface area contributed by atoms with Crippen LogP contribution in [0, 0.1) is 0 Å². The van der Waals surface area contributed by atoms with E-state index in [1.54, 1.807) is 48.9 Å². The molecule has 0 aliphatic rings. The van der Waals surface area contributed by atoms with E-state index in [1.165, 1.54) is 54.8 Å². The molecule has 1 amide bonds. The van der Waals surface area contributed by atoms with Crippen LogP contribution in [-0.2, 0) is 26.1 Å². The Kier molecular flexibility index (Phi) is 8.13. The van der Waals surface area contributed by atoms with Crippen molar-refractivity contribution in [3.63, 3.8) is 0 Å². The molecule has 3 aromatic carbocycles. The van der Waals surface area contributed by atoms with Crippen LogP contribution in [0.15, 0.2) is 76.6 Å². The zero-order chi connectivity index (χ0) is 27.3. The van der Waals surface area contributed by atoms with Crippen LogP contribution in [0.1, 0.15) is 17.3 Å². The van der Waals surface area contributed by atoms with E-state index in [0.29, 0.717) is 21.8 Å². The third kappa shape index (κ3) is 6.03. The molecule has 0 saturated heterocycles. The highest BCUT2D eigenvalue weighted by Gasteiger charge is 2.16. The van der Waals surface area contributed by atoms with Crippen LogP contribution < -0.4 is 19.0 Å². The van der Waals surface area contributed by atoms with Crippen LogP contribution in [0.2, 0.25) is 0 Å². The quantitative estimate of drug-likeness (QED) is 0.311. The standard InChI is InChI=1S/C26H25N3O7S2/c1-4-36-24(30)16-29-22-14-11-20(35-3)15-23(22)37-26(29)27-25(31)17-5-7-18(8-6-17)28-38(32,33)21-12-9-19(34-2)10-13-21/h5-15,28H,4,16H2,1-3H3. The van der Waals surface area contributed by atoms with Gasteiger partial charge in [-0.25, -0.2) is 8.42 Å². The molecule has 38 heavy (non-hydrogen) atoms. The van der Waals surface area contributed by atoms with E-state index in [2.05, 4.69) is 9.71 Å². The van der Waals surface area contributed by atoms with Gasteiger partial charge < -0.3 is 18.8 Å². The van der Waals surface area contributed by atoms with Crippen LogP contribution in [0.5, 0.6) is 11.5 Å². The molecule has 1 N–H and O–H groups in total. The molecular formula is C26H25N3O7S2. The maximum Gasteiger partial charge on any atom is 0.326 e. The lowest BCUT2D eigenvalue weighted by molar-refractivity contribution is -0.143. The topological polar surface area (TPSA) is 125 Å². The Balaban J connectivity index is 1.60. The number of thiazole rings is 1. The minimum Gasteiger partial charge on any atom is -0.497 e. The summed E-state index contributed by atoms with van der Waals surface area (Å²) in [6.07, 6.45) is 0. The number of sulfonamides is 1. The summed E-state index contributed by atoms with van der Waals surface area (Å²) in [5, 5.41) is 0. The summed E-state index contributed by atoms with van der Waals surface area (Å²) < 4.78 is 45.7. The fourth-order valence-corrected chi connectivity index (χ4v) is 5.67. The molecule has 198 valence electrons. The number of ether oxygens (including phenoxy) is 3. The zero-order valence-corrected chi connectivity index (χ0v) is 22.5. The van der Waals surface area contributed by atoms with Crippen molar-refractivity contribution >= 4 is 49.1 Å². The summed E-state index contributed by atoms with van der Waals surface area (Å²) in [5.74, 6) is 0.167. The number of nitrogens with one attached hydrogen (secondary N) is 1. The number of hydrogen-bond donors (Lipinski definition) is 1. The largest absolute Gasteiger partial charge is 0.497 e. The minimum absolute atomic E-state index is 0.0704. The number of fused-ring (bicyclic) bond motifs is 1. The number of amides is 1. The molecule has 12 heteroatoms. The van der Waals surface area contributed by atoms with E-state index in [1.807, 2.05) is 0 Å². The van der Waals surface area contributed by atoms with E-state index in [-0.39, 0.29) is 29.3 Å². The Morgan fingerprint density at radius 1 is 0.947 bits per heavy atom. The van der Waals surface area contributed by atoms with Gasteiger partial charge in [-0.2, -0.15) is 4.99 Å². The predicted molar refractivity (Wildman–Crippen MR) is 143 cm³/mol. The maximum absolute atomic E-state index is 13.0. The Morgan fingerprint density at radius 2 is 1.61 bits per heavy atom. The number of rotatable bonds is 9. The predicted octanol–water partition coefficient (Wildman–Crippen LogP) is 3.83. The second-order valence-corrected chi connectivity index (χ2v) is 10.6. The number of carbonyl (C=O) groups excluding carboxylic acids is 2. The lowest BCUT2D eigenvalue weighted by Crippen LogP contribution is -2.23. The van der Waals surface area contributed by atoms with Crippen molar-refractivity contribution in [2.75, 3.05) is 25.5 Å². The summed E-state index contributed by atoms with van der Waals surface area (Å²) in [6, 6.07) is 17.2. The average molecular weight is 556 g/mol. The highest BCUT2D eigenvalue weighted by Crippen LogP contribution is 2.24. The minimum atomic E-state index is -3.83. The molecule has 0 aliphatic heterocycles. The van der Waals surface area contributed by atoms with Gasteiger partial charge in [0.15, 0.2) is 4.80 Å². The Hall–Kier alpha value is -4.16. The van der Waals surface area contributed by atoms with Crippen molar-refractivity contribution in [2.45, 2.75) is 18.4 Å². The van der Waals surface area contributed by atoms with Crippen LogP contribution in [-0.4, -0.2) is 45.7 Å². The van der Waals surface area contributed by atoms with Crippen molar-refractivity contribution in [2.24, 2.45) is 4.99 Å². The van der Waals surface area contributed by atoms with E-state index in [0.717, 1.165) is 4.70 Å². The number of carbonyl (C=O) groups is 2. The van der Waals surface area contributed by atoms with Gasteiger partial charge in [-0.1, -0.05) is 11.3 Å². The fraction of sp³-hybridized carbons (Fsp3) is 0.192. The number of methoxy groups -OCH3 is 2. The average Bonchev–Trinajstić information content (AvgIpc) is 3.24. The number of anilines is 1. The molecular weight excluding hydrogens is 530 g/mol. The van der Waals surface area contributed by atoms with Crippen molar-refractivity contribution in [1.29, 1.82) is 0 Å². The molecule has 0 unspecified atom stereocenters. The summed E-state index contributed by atoms with van der Waals surface area (Å²) in [4.78, 5) is 29.8. The lowest BCUT2D eigenvalue weighted by Gasteiger charge is -2.09. The van der Waals surface area contributed by atoms with Crippen LogP contribution >= 0.6 is 11.3 Å². The van der Waals surface area contributed by atoms with Gasteiger partial charge in [-0.3, -0.25) is 14.3 Å². The number of esters is 1. The Morgan fingerprint density at radius 3 is 2.24 bits per heavy atom. The maximum atomic E-state index is 13.0.